The van der Waals surface area contributed by atoms with Crippen molar-refractivity contribution in [3.05, 3.63) is 22.8 Å². The van der Waals surface area contributed by atoms with Gasteiger partial charge >= 0.3 is 12.2 Å². The van der Waals surface area contributed by atoms with E-state index >= 15 is 4.39 Å². The molecule has 4 fully saturated rings. The quantitative estimate of drug-likeness (QED) is 0.396. The van der Waals surface area contributed by atoms with Crippen molar-refractivity contribution in [2.45, 2.75) is 88.1 Å². The fourth-order valence-corrected chi connectivity index (χ4v) is 8.38. The van der Waals surface area contributed by atoms with Gasteiger partial charge in [0, 0.05) is 37.2 Å². The largest absolute Gasteiger partial charge is 0.472 e. The third kappa shape index (κ3) is 4.38. The Hall–Kier alpha value is -3.66. The monoisotopic (exact) mass is 650 g/mol. The van der Waals surface area contributed by atoms with Crippen LogP contribution in [0.3, 0.4) is 0 Å². The summed E-state index contributed by atoms with van der Waals surface area (Å²) < 4.78 is 101. The summed E-state index contributed by atoms with van der Waals surface area (Å²) in [7, 11) is 0. The van der Waals surface area contributed by atoms with E-state index in [4.69, 9.17) is 20.2 Å². The van der Waals surface area contributed by atoms with E-state index in [2.05, 4.69) is 25.2 Å². The average molecular weight is 651 g/mol. The Kier molecular flexibility index (Phi) is 6.57. The second-order valence-electron chi connectivity index (χ2n) is 13.2. The lowest BCUT2D eigenvalue weighted by Gasteiger charge is -2.42. The summed E-state index contributed by atoms with van der Waals surface area (Å²) in [6, 6.07) is -0.336. The number of nitrogens with one attached hydrogen (secondary N) is 1. The van der Waals surface area contributed by atoms with Gasteiger partial charge in [-0.3, -0.25) is 4.90 Å². The molecular formula is C30H32F6N8O2. The predicted octanol–water partition coefficient (Wildman–Crippen LogP) is 4.32. The van der Waals surface area contributed by atoms with Crippen molar-refractivity contribution < 1.29 is 35.8 Å². The highest BCUT2D eigenvalue weighted by Crippen LogP contribution is 2.47. The van der Waals surface area contributed by atoms with E-state index in [1.54, 1.807) is 0 Å². The van der Waals surface area contributed by atoms with Gasteiger partial charge in [-0.25, -0.2) is 23.1 Å². The topological polar surface area (TPSA) is 115 Å². The number of hydrogen-bond acceptors (Lipinski definition) is 10. The number of aromatic nitrogens is 4. The van der Waals surface area contributed by atoms with Crippen molar-refractivity contribution in [1.29, 1.82) is 0 Å². The van der Waals surface area contributed by atoms with Gasteiger partial charge in [0.2, 0.25) is 5.88 Å². The second kappa shape index (κ2) is 10.2. The number of nitrogens with two attached hydrogens (primary N) is 1. The average Bonchev–Trinajstić information content (AvgIpc) is 3.63. The summed E-state index contributed by atoms with van der Waals surface area (Å²) in [5.74, 6) is -3.33. The number of anilines is 2. The van der Waals surface area contributed by atoms with Crippen LogP contribution in [0.2, 0.25) is 0 Å². The highest BCUT2D eigenvalue weighted by Gasteiger charge is 2.50. The van der Waals surface area contributed by atoms with E-state index in [0.717, 1.165) is 32.7 Å². The standard InChI is InChI=1S/C30H32F6N8O2/c1-12-18(30(34,35)36)22(39-25(37)19(12)32)23-20(33)21-17-26(42-28(41-21)45-11-29-6-3-7-43(29)9-14(31)8-29)44-10-15-4-5-16(38-15)24(44)13(2)46-27(17)40-23/h13-16,24,38H,3-11H2,1-2H3,(H2,37,39)/t13-,14+,15+,16-,24+,29-/m0/s1. The Morgan fingerprint density at radius 3 is 2.67 bits per heavy atom. The van der Waals surface area contributed by atoms with E-state index in [-0.39, 0.29) is 59.8 Å². The van der Waals surface area contributed by atoms with Crippen LogP contribution in [0.5, 0.6) is 11.9 Å². The number of fused-ring (bicyclic) bond motifs is 6. The molecule has 4 saturated heterocycles. The first-order valence-corrected chi connectivity index (χ1v) is 15.5. The van der Waals surface area contributed by atoms with Crippen LogP contribution in [0, 0.1) is 18.6 Å². The van der Waals surface area contributed by atoms with Gasteiger partial charge in [-0.15, -0.1) is 0 Å². The van der Waals surface area contributed by atoms with Crippen LogP contribution in [0.4, 0.5) is 38.0 Å². The summed E-state index contributed by atoms with van der Waals surface area (Å²) in [4.78, 5) is 21.1. The van der Waals surface area contributed by atoms with E-state index in [1.807, 2.05) is 11.8 Å². The number of alkyl halides is 4. The normalized spacial score (nSPS) is 30.3. The van der Waals surface area contributed by atoms with Crippen LogP contribution in [0.25, 0.3) is 22.3 Å². The molecule has 0 saturated carbocycles. The molecule has 8 rings (SSSR count). The summed E-state index contributed by atoms with van der Waals surface area (Å²) >= 11 is 0. The maximum absolute atomic E-state index is 16.7. The first kappa shape index (κ1) is 29.7. The zero-order valence-electron chi connectivity index (χ0n) is 25.1. The Balaban J connectivity index is 1.33. The zero-order chi connectivity index (χ0) is 32.3. The second-order valence-corrected chi connectivity index (χ2v) is 13.2. The van der Waals surface area contributed by atoms with Crippen LogP contribution in [0.15, 0.2) is 0 Å². The molecule has 6 atom stereocenters. The van der Waals surface area contributed by atoms with E-state index in [9.17, 15) is 22.0 Å². The molecule has 8 heterocycles. The van der Waals surface area contributed by atoms with Gasteiger partial charge in [-0.2, -0.15) is 23.1 Å². The lowest BCUT2D eigenvalue weighted by Crippen LogP contribution is -2.62. The van der Waals surface area contributed by atoms with Gasteiger partial charge in [0.15, 0.2) is 17.5 Å². The Morgan fingerprint density at radius 1 is 1.09 bits per heavy atom. The summed E-state index contributed by atoms with van der Waals surface area (Å²) in [5.41, 5.74) is 0.534. The van der Waals surface area contributed by atoms with Crippen LogP contribution in [-0.4, -0.2) is 87.0 Å². The molecule has 3 aromatic rings. The number of piperazine rings is 1. The summed E-state index contributed by atoms with van der Waals surface area (Å²) in [6.07, 6.45) is -3.02. The van der Waals surface area contributed by atoms with Crippen molar-refractivity contribution >= 4 is 22.5 Å². The SMILES string of the molecule is Cc1c(F)c(N)nc(-c2nc3c4c(nc(OC[C@@]56CCCN5C[C@H](F)C6)nc4c2F)N2C[C@H]4CC[C@H](N4)[C@H]2[C@H](C)O3)c1C(F)(F)F. The molecule has 3 N–H and O–H groups in total. The number of nitrogen functional groups attached to an aromatic ring is 1. The van der Waals surface area contributed by atoms with Crippen molar-refractivity contribution in [2.75, 3.05) is 36.9 Å². The molecule has 3 aromatic heterocycles. The molecule has 5 aliphatic heterocycles. The molecule has 0 unspecified atom stereocenters. The molecule has 0 amide bonds. The molecule has 0 spiro atoms. The van der Waals surface area contributed by atoms with Crippen molar-refractivity contribution in [3.8, 4) is 23.3 Å². The van der Waals surface area contributed by atoms with Crippen molar-refractivity contribution in [2.24, 2.45) is 0 Å². The Morgan fingerprint density at radius 2 is 1.89 bits per heavy atom. The number of rotatable bonds is 4. The number of halogens is 6. The molecule has 2 bridgehead atoms. The first-order valence-electron chi connectivity index (χ1n) is 15.5. The first-order chi connectivity index (χ1) is 21.8. The lowest BCUT2D eigenvalue weighted by molar-refractivity contribution is -0.137. The van der Waals surface area contributed by atoms with Crippen molar-refractivity contribution in [3.63, 3.8) is 0 Å². The Bertz CT molecular complexity index is 1760. The van der Waals surface area contributed by atoms with Gasteiger partial charge in [-0.05, 0) is 46.1 Å². The zero-order valence-corrected chi connectivity index (χ0v) is 25.1. The maximum Gasteiger partial charge on any atom is 0.418 e. The van der Waals surface area contributed by atoms with Crippen LogP contribution in [0.1, 0.15) is 50.2 Å². The lowest BCUT2D eigenvalue weighted by atomic mass is 9.95. The molecule has 0 aromatic carbocycles. The molecule has 5 aliphatic rings. The Labute approximate surface area is 259 Å². The molecule has 10 nitrogen and oxygen atoms in total. The molecule has 46 heavy (non-hydrogen) atoms. The van der Waals surface area contributed by atoms with E-state index < -0.39 is 64.0 Å². The number of nitrogens with zero attached hydrogens (tertiary/aromatic N) is 6. The fraction of sp³-hybridized carbons (Fsp3) is 0.600. The van der Waals surface area contributed by atoms with Gasteiger partial charge in [0.25, 0.3) is 0 Å². The van der Waals surface area contributed by atoms with Crippen LogP contribution in [-0.2, 0) is 6.18 Å². The van der Waals surface area contributed by atoms with Gasteiger partial charge < -0.3 is 25.4 Å². The maximum atomic E-state index is 16.7. The predicted molar refractivity (Wildman–Crippen MR) is 154 cm³/mol. The fourth-order valence-electron chi connectivity index (χ4n) is 8.38. The molecule has 246 valence electrons. The number of hydrogen-bond donors (Lipinski definition) is 2. The van der Waals surface area contributed by atoms with Gasteiger partial charge in [0.05, 0.1) is 17.1 Å². The highest BCUT2D eigenvalue weighted by molar-refractivity contribution is 5.97. The summed E-state index contributed by atoms with van der Waals surface area (Å²) in [6.45, 7) is 4.31. The number of ether oxygens (including phenoxy) is 2. The minimum absolute atomic E-state index is 0.00530. The third-order valence-electron chi connectivity index (χ3n) is 10.4. The van der Waals surface area contributed by atoms with E-state index in [0.29, 0.717) is 19.5 Å². The van der Waals surface area contributed by atoms with Crippen molar-refractivity contribution in [1.82, 2.24) is 30.2 Å². The van der Waals surface area contributed by atoms with Gasteiger partial charge in [0.1, 0.15) is 47.0 Å². The number of pyridine rings is 2. The molecule has 16 heteroatoms. The molecule has 0 radical (unpaired) electrons. The minimum Gasteiger partial charge on any atom is -0.472 e. The van der Waals surface area contributed by atoms with Crippen LogP contribution < -0.4 is 25.4 Å². The van der Waals surface area contributed by atoms with E-state index in [1.165, 1.54) is 0 Å². The molecule has 0 aliphatic carbocycles. The molecular weight excluding hydrogens is 618 g/mol. The third-order valence-corrected chi connectivity index (χ3v) is 10.4. The van der Waals surface area contributed by atoms with Crippen LogP contribution >= 0.6 is 0 Å². The highest BCUT2D eigenvalue weighted by atomic mass is 19.4. The smallest absolute Gasteiger partial charge is 0.418 e. The summed E-state index contributed by atoms with van der Waals surface area (Å²) in [5, 5.41) is 3.66. The minimum atomic E-state index is -5.12. The van der Waals surface area contributed by atoms with Gasteiger partial charge in [-0.1, -0.05) is 0 Å².